The first kappa shape index (κ1) is 17.8. The molecule has 2 aliphatic heterocycles. The molecule has 0 aliphatic carbocycles. The molecule has 1 atom stereocenters. The van der Waals surface area contributed by atoms with Crippen LogP contribution in [0, 0.1) is 0 Å². The Morgan fingerprint density at radius 2 is 1.78 bits per heavy atom. The molecule has 1 saturated heterocycles. The molecule has 0 saturated carbocycles. The fourth-order valence-electron chi connectivity index (χ4n) is 3.54. The van der Waals surface area contributed by atoms with Gasteiger partial charge in [0.15, 0.2) is 0 Å². The zero-order valence-corrected chi connectivity index (χ0v) is 14.5. The highest BCUT2D eigenvalue weighted by atomic mass is 19.4. The van der Waals surface area contributed by atoms with Crippen molar-refractivity contribution in [1.82, 2.24) is 9.55 Å². The van der Waals surface area contributed by atoms with Crippen LogP contribution in [-0.2, 0) is 11.3 Å². The summed E-state index contributed by atoms with van der Waals surface area (Å²) in [6, 6.07) is 7.94. The predicted molar refractivity (Wildman–Crippen MR) is 94.6 cm³/mol. The van der Waals surface area contributed by atoms with Crippen LogP contribution < -0.4 is 15.4 Å². The Bertz CT molecular complexity index is 863. The van der Waals surface area contributed by atoms with Crippen LogP contribution in [0.25, 0.3) is 0 Å². The van der Waals surface area contributed by atoms with Crippen molar-refractivity contribution < 1.29 is 17.9 Å². The van der Waals surface area contributed by atoms with Gasteiger partial charge in [-0.2, -0.15) is 18.2 Å². The van der Waals surface area contributed by atoms with Gasteiger partial charge in [-0.1, -0.05) is 18.2 Å². The molecule has 1 aromatic heterocycles. The number of para-hydroxylation sites is 1. The van der Waals surface area contributed by atoms with Crippen molar-refractivity contribution in [2.24, 2.45) is 0 Å². The normalized spacial score (nSPS) is 20.5. The van der Waals surface area contributed by atoms with E-state index in [9.17, 15) is 18.0 Å². The van der Waals surface area contributed by atoms with Gasteiger partial charge in [0.2, 0.25) is 5.95 Å². The quantitative estimate of drug-likeness (QED) is 0.802. The Balaban J connectivity index is 1.85. The molecule has 0 radical (unpaired) electrons. The minimum absolute atomic E-state index is 0.0158. The fourth-order valence-corrected chi connectivity index (χ4v) is 3.54. The number of rotatable bonds is 2. The van der Waals surface area contributed by atoms with E-state index in [4.69, 9.17) is 4.74 Å². The van der Waals surface area contributed by atoms with Crippen LogP contribution in [0.15, 0.2) is 41.2 Å². The SMILES string of the molecule is O=c1cc(N2CCOCC2)nc2n1CC[C@@H](C(F)(F)F)N2c1ccccc1. The highest BCUT2D eigenvalue weighted by Gasteiger charge is 2.47. The molecule has 6 nitrogen and oxygen atoms in total. The molecule has 3 heterocycles. The van der Waals surface area contributed by atoms with Gasteiger partial charge in [-0.3, -0.25) is 14.3 Å². The van der Waals surface area contributed by atoms with Crippen LogP contribution in [0.2, 0.25) is 0 Å². The minimum atomic E-state index is -4.44. The summed E-state index contributed by atoms with van der Waals surface area (Å²) in [7, 11) is 0. The molecule has 4 rings (SSSR count). The van der Waals surface area contributed by atoms with Crippen molar-refractivity contribution in [2.45, 2.75) is 25.2 Å². The summed E-state index contributed by atoms with van der Waals surface area (Å²) >= 11 is 0. The minimum Gasteiger partial charge on any atom is -0.378 e. The summed E-state index contributed by atoms with van der Waals surface area (Å²) < 4.78 is 47.9. The van der Waals surface area contributed by atoms with Gasteiger partial charge in [-0.05, 0) is 18.6 Å². The van der Waals surface area contributed by atoms with Crippen molar-refractivity contribution in [3.63, 3.8) is 0 Å². The number of halogens is 3. The number of benzene rings is 1. The first-order chi connectivity index (χ1) is 12.9. The van der Waals surface area contributed by atoms with E-state index in [1.807, 2.05) is 4.90 Å². The van der Waals surface area contributed by atoms with Gasteiger partial charge in [0.25, 0.3) is 5.56 Å². The summed E-state index contributed by atoms with van der Waals surface area (Å²) in [6.45, 7) is 2.06. The lowest BCUT2D eigenvalue weighted by atomic mass is 10.1. The Kier molecular flexibility index (Phi) is 4.55. The van der Waals surface area contributed by atoms with Gasteiger partial charge in [-0.25, -0.2) is 0 Å². The molecule has 2 aliphatic rings. The maximum atomic E-state index is 13.7. The van der Waals surface area contributed by atoms with Crippen LogP contribution in [0.3, 0.4) is 0 Å². The molecule has 2 aromatic rings. The Morgan fingerprint density at radius 3 is 2.44 bits per heavy atom. The van der Waals surface area contributed by atoms with Crippen molar-refractivity contribution in [2.75, 3.05) is 36.1 Å². The van der Waals surface area contributed by atoms with E-state index >= 15 is 0 Å². The van der Waals surface area contributed by atoms with Crippen molar-refractivity contribution in [3.05, 3.63) is 46.8 Å². The standard InChI is InChI=1S/C18H19F3N4O2/c19-18(20,21)14-6-7-24-16(26)12-15(23-8-10-27-11-9-23)22-17(24)25(14)13-4-2-1-3-5-13/h1-5,12,14H,6-11H2/t14-/m0/s1. The van der Waals surface area contributed by atoms with Gasteiger partial charge in [0, 0.05) is 31.4 Å². The second kappa shape index (κ2) is 6.88. The van der Waals surface area contributed by atoms with Crippen LogP contribution >= 0.6 is 0 Å². The van der Waals surface area contributed by atoms with Crippen LogP contribution in [0.5, 0.6) is 0 Å². The number of hydrogen-bond acceptors (Lipinski definition) is 5. The van der Waals surface area contributed by atoms with Crippen molar-refractivity contribution >= 4 is 17.5 Å². The van der Waals surface area contributed by atoms with Crippen molar-refractivity contribution in [3.8, 4) is 0 Å². The fraction of sp³-hybridized carbons (Fsp3) is 0.444. The van der Waals surface area contributed by atoms with E-state index < -0.39 is 12.2 Å². The Labute approximate surface area is 153 Å². The molecular weight excluding hydrogens is 361 g/mol. The first-order valence-corrected chi connectivity index (χ1v) is 8.81. The third-order valence-corrected chi connectivity index (χ3v) is 4.88. The van der Waals surface area contributed by atoms with Gasteiger partial charge in [0.1, 0.15) is 11.9 Å². The number of aromatic nitrogens is 2. The van der Waals surface area contributed by atoms with Gasteiger partial charge >= 0.3 is 6.18 Å². The zero-order valence-electron chi connectivity index (χ0n) is 14.5. The average Bonchev–Trinajstić information content (AvgIpc) is 2.67. The highest BCUT2D eigenvalue weighted by Crippen LogP contribution is 2.39. The number of ether oxygens (including phenoxy) is 1. The molecule has 27 heavy (non-hydrogen) atoms. The molecule has 0 spiro atoms. The zero-order chi connectivity index (χ0) is 19.0. The molecule has 0 bridgehead atoms. The van der Waals surface area contributed by atoms with E-state index in [1.165, 1.54) is 10.6 Å². The maximum absolute atomic E-state index is 13.7. The highest BCUT2D eigenvalue weighted by molar-refractivity contribution is 5.61. The molecule has 0 N–H and O–H groups in total. The summed E-state index contributed by atoms with van der Waals surface area (Å²) in [4.78, 5) is 20.1. The Hall–Kier alpha value is -2.55. The average molecular weight is 380 g/mol. The first-order valence-electron chi connectivity index (χ1n) is 8.81. The van der Waals surface area contributed by atoms with Crippen LogP contribution in [0.4, 0.5) is 30.6 Å². The molecule has 0 unspecified atom stereocenters. The van der Waals surface area contributed by atoms with E-state index in [0.717, 1.165) is 4.90 Å². The Morgan fingerprint density at radius 1 is 1.07 bits per heavy atom. The third-order valence-electron chi connectivity index (χ3n) is 4.88. The molecule has 0 amide bonds. The lowest BCUT2D eigenvalue weighted by Gasteiger charge is -2.39. The van der Waals surface area contributed by atoms with Crippen molar-refractivity contribution in [1.29, 1.82) is 0 Å². The number of anilines is 3. The molecule has 1 aromatic carbocycles. The van der Waals surface area contributed by atoms with E-state index in [0.29, 0.717) is 37.8 Å². The summed E-state index contributed by atoms with van der Waals surface area (Å²) in [5.41, 5.74) is 0.0161. The number of hydrogen-bond donors (Lipinski definition) is 0. The smallest absolute Gasteiger partial charge is 0.378 e. The third kappa shape index (κ3) is 3.39. The second-order valence-corrected chi connectivity index (χ2v) is 6.56. The molecule has 1 fully saturated rings. The summed E-state index contributed by atoms with van der Waals surface area (Å²) in [5, 5.41) is 0. The van der Waals surface area contributed by atoms with E-state index in [1.54, 1.807) is 30.3 Å². The molecule has 9 heteroatoms. The van der Waals surface area contributed by atoms with Crippen LogP contribution in [-0.4, -0.2) is 48.1 Å². The number of nitrogens with zero attached hydrogens (tertiary/aromatic N) is 4. The number of alkyl halides is 3. The monoisotopic (exact) mass is 380 g/mol. The molecule has 144 valence electrons. The van der Waals surface area contributed by atoms with Gasteiger partial charge < -0.3 is 9.64 Å². The lowest BCUT2D eigenvalue weighted by Crippen LogP contribution is -2.50. The summed E-state index contributed by atoms with van der Waals surface area (Å²) in [6.07, 6.45) is -4.64. The predicted octanol–water partition coefficient (Wildman–Crippen LogP) is 2.55. The number of morpholine rings is 1. The van der Waals surface area contributed by atoms with Gasteiger partial charge in [0.05, 0.1) is 13.2 Å². The maximum Gasteiger partial charge on any atom is 0.409 e. The second-order valence-electron chi connectivity index (χ2n) is 6.56. The van der Waals surface area contributed by atoms with Gasteiger partial charge in [-0.15, -0.1) is 0 Å². The van der Waals surface area contributed by atoms with E-state index in [-0.39, 0.29) is 24.5 Å². The van der Waals surface area contributed by atoms with E-state index in [2.05, 4.69) is 4.98 Å². The number of fused-ring (bicyclic) bond motifs is 1. The van der Waals surface area contributed by atoms with Crippen LogP contribution in [0.1, 0.15) is 6.42 Å². The summed E-state index contributed by atoms with van der Waals surface area (Å²) in [5.74, 6) is 0.419. The molecular formula is C18H19F3N4O2. The largest absolute Gasteiger partial charge is 0.409 e. The lowest BCUT2D eigenvalue weighted by molar-refractivity contribution is -0.150. The topological polar surface area (TPSA) is 50.6 Å².